The van der Waals surface area contributed by atoms with Crippen LogP contribution in [-0.2, 0) is 16.0 Å². The number of carbonyl (C=O) groups is 2. The highest BCUT2D eigenvalue weighted by atomic mass is 79.9. The van der Waals surface area contributed by atoms with Gasteiger partial charge in [-0.2, -0.15) is 14.0 Å². The maximum Gasteiger partial charge on any atom is 0.358 e. The first-order valence-corrected chi connectivity index (χ1v) is 13.3. The Morgan fingerprint density at radius 1 is 1.10 bits per heavy atom. The molecule has 0 radical (unpaired) electrons. The summed E-state index contributed by atoms with van der Waals surface area (Å²) in [6.45, 7) is 0. The summed E-state index contributed by atoms with van der Waals surface area (Å²) in [5.41, 5.74) is 2.34. The largest absolute Gasteiger partial charge is 0.481 e. The standard InChI is InChI=1S/C28H19BrF2N4O3S/c29-25-15-34-27(35(25)23-10-9-16(13-32)19-5-1-2-7-21(19)23)39-28(30,31)24(36)12-17(26(37)38)11-18-14-33-22-8-4-3-6-20(18)22/h1-10,14-15,17,33H,11-12H2,(H,37,38). The van der Waals surface area contributed by atoms with Gasteiger partial charge in [0.2, 0.25) is 5.78 Å². The molecule has 5 rings (SSSR count). The quantitative estimate of drug-likeness (QED) is 0.179. The Bertz CT molecular complexity index is 1780. The van der Waals surface area contributed by atoms with Gasteiger partial charge in [-0.3, -0.25) is 14.2 Å². The minimum absolute atomic E-state index is 0.0461. The summed E-state index contributed by atoms with van der Waals surface area (Å²) in [6, 6.07) is 19.6. The van der Waals surface area contributed by atoms with Gasteiger partial charge in [-0.25, -0.2) is 4.98 Å². The number of nitriles is 1. The smallest absolute Gasteiger partial charge is 0.358 e. The molecule has 2 aromatic heterocycles. The molecular weight excluding hydrogens is 590 g/mol. The minimum atomic E-state index is -3.95. The van der Waals surface area contributed by atoms with E-state index in [9.17, 15) is 20.0 Å². The molecule has 0 saturated heterocycles. The van der Waals surface area contributed by atoms with Gasteiger partial charge in [-0.1, -0.05) is 42.5 Å². The van der Waals surface area contributed by atoms with Crippen molar-refractivity contribution >= 4 is 61.1 Å². The molecule has 2 N–H and O–H groups in total. The number of fused-ring (bicyclic) bond motifs is 2. The van der Waals surface area contributed by atoms with Crippen LogP contribution in [0.3, 0.4) is 0 Å². The predicted octanol–water partition coefficient (Wildman–Crippen LogP) is 6.73. The van der Waals surface area contributed by atoms with Crippen LogP contribution in [0.15, 0.2) is 82.8 Å². The van der Waals surface area contributed by atoms with Gasteiger partial charge in [0, 0.05) is 34.3 Å². The van der Waals surface area contributed by atoms with Crippen molar-refractivity contribution < 1.29 is 23.5 Å². The molecule has 0 fully saturated rings. The second kappa shape index (κ2) is 10.6. The number of carbonyl (C=O) groups excluding carboxylic acids is 1. The number of aromatic nitrogens is 3. The number of Topliss-reactive ketones (excluding diaryl/α,β-unsaturated/α-hetero) is 1. The average molecular weight is 609 g/mol. The molecule has 196 valence electrons. The number of carboxylic acids is 1. The first kappa shape index (κ1) is 26.6. The van der Waals surface area contributed by atoms with E-state index in [2.05, 4.69) is 32.0 Å². The number of aliphatic carboxylic acids is 1. The number of carboxylic acid groups (broad SMARTS) is 1. The van der Waals surface area contributed by atoms with Crippen LogP contribution in [0.2, 0.25) is 0 Å². The van der Waals surface area contributed by atoms with Crippen molar-refractivity contribution in [2.24, 2.45) is 5.92 Å². The zero-order chi connectivity index (χ0) is 27.7. The van der Waals surface area contributed by atoms with Gasteiger partial charge >= 0.3 is 11.2 Å². The van der Waals surface area contributed by atoms with Gasteiger partial charge in [0.05, 0.1) is 29.4 Å². The Labute approximate surface area is 233 Å². The number of rotatable bonds is 9. The Kier molecular flexibility index (Phi) is 7.25. The fourth-order valence-electron chi connectivity index (χ4n) is 4.51. The number of imidazole rings is 1. The van der Waals surface area contributed by atoms with Gasteiger partial charge in [0.15, 0.2) is 5.16 Å². The van der Waals surface area contributed by atoms with Crippen LogP contribution in [0.1, 0.15) is 17.5 Å². The Balaban J connectivity index is 1.41. The maximum absolute atomic E-state index is 15.3. The molecule has 0 amide bonds. The van der Waals surface area contributed by atoms with Crippen molar-refractivity contribution in [3.05, 3.63) is 88.8 Å². The van der Waals surface area contributed by atoms with Crippen molar-refractivity contribution in [3.63, 3.8) is 0 Å². The van der Waals surface area contributed by atoms with E-state index in [4.69, 9.17) is 0 Å². The molecule has 39 heavy (non-hydrogen) atoms. The van der Waals surface area contributed by atoms with Gasteiger partial charge in [0.25, 0.3) is 0 Å². The Morgan fingerprint density at radius 3 is 2.51 bits per heavy atom. The fourth-order valence-corrected chi connectivity index (χ4v) is 5.91. The summed E-state index contributed by atoms with van der Waals surface area (Å²) in [5, 5.41) is 17.1. The molecule has 7 nitrogen and oxygen atoms in total. The van der Waals surface area contributed by atoms with E-state index in [0.717, 1.165) is 10.9 Å². The molecule has 0 bridgehead atoms. The normalized spacial score (nSPS) is 12.5. The van der Waals surface area contributed by atoms with Crippen molar-refractivity contribution in [2.75, 3.05) is 0 Å². The van der Waals surface area contributed by atoms with Crippen LogP contribution >= 0.6 is 27.7 Å². The lowest BCUT2D eigenvalue weighted by atomic mass is 9.94. The summed E-state index contributed by atoms with van der Waals surface area (Å²) in [4.78, 5) is 31.9. The number of H-pyrrole nitrogens is 1. The third kappa shape index (κ3) is 5.17. The zero-order valence-corrected chi connectivity index (χ0v) is 22.5. The number of benzene rings is 3. The number of para-hydroxylation sites is 1. The van der Waals surface area contributed by atoms with E-state index in [0.29, 0.717) is 32.2 Å². The number of ketones is 1. The molecule has 11 heteroatoms. The summed E-state index contributed by atoms with van der Waals surface area (Å²) >= 11 is 3.30. The average Bonchev–Trinajstić information content (AvgIpc) is 3.50. The predicted molar refractivity (Wildman–Crippen MR) is 147 cm³/mol. The second-order valence-corrected chi connectivity index (χ2v) is 10.7. The fraction of sp³-hybridized carbons (Fsp3) is 0.143. The van der Waals surface area contributed by atoms with Crippen LogP contribution in [0.4, 0.5) is 8.78 Å². The number of alkyl halides is 2. The van der Waals surface area contributed by atoms with E-state index >= 15 is 8.78 Å². The van der Waals surface area contributed by atoms with Crippen molar-refractivity contribution in [2.45, 2.75) is 23.3 Å². The highest BCUT2D eigenvalue weighted by Crippen LogP contribution is 2.41. The lowest BCUT2D eigenvalue weighted by Crippen LogP contribution is -2.30. The molecule has 0 aliphatic heterocycles. The Hall–Kier alpha value is -4.01. The third-order valence-electron chi connectivity index (χ3n) is 6.42. The third-order valence-corrected chi connectivity index (χ3v) is 7.93. The van der Waals surface area contributed by atoms with Crippen molar-refractivity contribution in [1.82, 2.24) is 14.5 Å². The lowest BCUT2D eigenvalue weighted by Gasteiger charge is -2.19. The topological polar surface area (TPSA) is 112 Å². The first-order valence-electron chi connectivity index (χ1n) is 11.7. The van der Waals surface area contributed by atoms with Gasteiger partial charge in [-0.15, -0.1) is 0 Å². The molecule has 1 unspecified atom stereocenters. The second-order valence-electron chi connectivity index (χ2n) is 8.83. The summed E-state index contributed by atoms with van der Waals surface area (Å²) in [5.74, 6) is -4.17. The number of halogens is 3. The summed E-state index contributed by atoms with van der Waals surface area (Å²) in [6.07, 6.45) is 2.04. The molecule has 0 aliphatic rings. The zero-order valence-electron chi connectivity index (χ0n) is 20.1. The van der Waals surface area contributed by atoms with Gasteiger partial charge in [0.1, 0.15) is 4.60 Å². The molecule has 2 heterocycles. The van der Waals surface area contributed by atoms with E-state index in [1.807, 2.05) is 12.1 Å². The molecule has 5 aromatic rings. The monoisotopic (exact) mass is 608 g/mol. The van der Waals surface area contributed by atoms with E-state index in [1.54, 1.807) is 54.7 Å². The number of aromatic amines is 1. The van der Waals surface area contributed by atoms with Crippen LogP contribution < -0.4 is 0 Å². The van der Waals surface area contributed by atoms with Crippen LogP contribution in [0, 0.1) is 17.2 Å². The van der Waals surface area contributed by atoms with Crippen LogP contribution in [-0.4, -0.2) is 36.6 Å². The SMILES string of the molecule is N#Cc1ccc(-n2c(Br)cnc2SC(F)(F)C(=O)CC(Cc2c[nH]c3ccccc23)C(=O)O)c2ccccc12. The highest BCUT2D eigenvalue weighted by molar-refractivity contribution is 9.10. The summed E-state index contributed by atoms with van der Waals surface area (Å²) < 4.78 is 32.4. The molecule has 1 atom stereocenters. The molecule has 0 aliphatic carbocycles. The van der Waals surface area contributed by atoms with Crippen molar-refractivity contribution in [3.8, 4) is 11.8 Å². The minimum Gasteiger partial charge on any atom is -0.481 e. The summed E-state index contributed by atoms with van der Waals surface area (Å²) in [7, 11) is 0. The molecule has 0 saturated carbocycles. The number of nitrogens with one attached hydrogen (secondary N) is 1. The van der Waals surface area contributed by atoms with Gasteiger partial charge in [-0.05, 0) is 57.9 Å². The van der Waals surface area contributed by atoms with Crippen LogP contribution in [0.5, 0.6) is 0 Å². The van der Waals surface area contributed by atoms with E-state index in [-0.39, 0.29) is 23.3 Å². The van der Waals surface area contributed by atoms with Gasteiger partial charge < -0.3 is 10.1 Å². The first-order chi connectivity index (χ1) is 18.7. The highest BCUT2D eigenvalue weighted by Gasteiger charge is 2.43. The maximum atomic E-state index is 15.3. The van der Waals surface area contributed by atoms with Crippen molar-refractivity contribution in [1.29, 1.82) is 5.26 Å². The molecule has 3 aromatic carbocycles. The Morgan fingerprint density at radius 2 is 1.79 bits per heavy atom. The lowest BCUT2D eigenvalue weighted by molar-refractivity contribution is -0.146. The number of hydrogen-bond acceptors (Lipinski definition) is 5. The number of nitrogens with zero attached hydrogens (tertiary/aromatic N) is 3. The van der Waals surface area contributed by atoms with E-state index in [1.165, 1.54) is 10.8 Å². The number of thioether (sulfide) groups is 1. The molecular formula is C28H19BrF2N4O3S. The molecule has 0 spiro atoms. The number of hydrogen-bond donors (Lipinski definition) is 2. The van der Waals surface area contributed by atoms with E-state index < -0.39 is 29.3 Å². The van der Waals surface area contributed by atoms with Crippen LogP contribution in [0.25, 0.3) is 27.4 Å².